The minimum atomic E-state index is -0.146. The number of likely N-dealkylation sites (N-methyl/N-ethyl adjacent to an activating group) is 2. The highest BCUT2D eigenvalue weighted by Crippen LogP contribution is 2.09. The maximum absolute atomic E-state index is 11.9. The van der Waals surface area contributed by atoms with Gasteiger partial charge < -0.3 is 15.1 Å². The molecule has 2 amide bonds. The summed E-state index contributed by atoms with van der Waals surface area (Å²) in [6.45, 7) is 0.501. The van der Waals surface area contributed by atoms with Crippen LogP contribution in [-0.2, 0) is 16.0 Å². The summed E-state index contributed by atoms with van der Waals surface area (Å²) in [6.07, 6.45) is 0.355. The predicted molar refractivity (Wildman–Crippen MR) is 79.7 cm³/mol. The fourth-order valence-corrected chi connectivity index (χ4v) is 1.76. The van der Waals surface area contributed by atoms with E-state index >= 15 is 0 Å². The molecule has 1 rings (SSSR count). The van der Waals surface area contributed by atoms with Crippen molar-refractivity contribution >= 4 is 17.5 Å². The molecule has 0 radical (unpaired) electrons. The smallest absolute Gasteiger partial charge is 0.279 e. The third-order valence-corrected chi connectivity index (χ3v) is 2.94. The first-order valence-corrected chi connectivity index (χ1v) is 6.69. The second kappa shape index (κ2) is 8.02. The normalized spacial score (nSPS) is 11.3. The Morgan fingerprint density at radius 2 is 1.86 bits per heavy atom. The number of nitrogens with zero attached hydrogens (tertiary/aromatic N) is 2. The molecule has 0 saturated carbocycles. The van der Waals surface area contributed by atoms with Crippen LogP contribution in [-0.4, -0.2) is 50.9 Å². The Morgan fingerprint density at radius 1 is 1.24 bits per heavy atom. The number of benzene rings is 1. The van der Waals surface area contributed by atoms with Crippen molar-refractivity contribution in [2.45, 2.75) is 6.42 Å². The largest absolute Gasteiger partial charge is 0.344 e. The van der Waals surface area contributed by atoms with E-state index in [4.69, 9.17) is 5.26 Å². The number of rotatable bonds is 6. The zero-order valence-electron chi connectivity index (χ0n) is 12.6. The van der Waals surface area contributed by atoms with Crippen molar-refractivity contribution in [1.82, 2.24) is 4.90 Å². The van der Waals surface area contributed by atoms with Crippen LogP contribution >= 0.6 is 0 Å². The molecule has 1 aromatic carbocycles. The number of anilines is 1. The van der Waals surface area contributed by atoms with Gasteiger partial charge >= 0.3 is 0 Å². The molecule has 2 N–H and O–H groups in total. The highest BCUT2D eigenvalue weighted by Gasteiger charge is 2.15. The van der Waals surface area contributed by atoms with E-state index in [1.54, 1.807) is 33.3 Å². The minimum absolute atomic E-state index is 0.0128. The van der Waals surface area contributed by atoms with Gasteiger partial charge in [0.15, 0.2) is 13.1 Å². The Balaban J connectivity index is 2.46. The van der Waals surface area contributed by atoms with Gasteiger partial charge in [0, 0.05) is 19.8 Å². The van der Waals surface area contributed by atoms with Crippen LogP contribution in [0.2, 0.25) is 0 Å². The Bertz CT molecular complexity index is 532. The van der Waals surface area contributed by atoms with Gasteiger partial charge in [0.05, 0.1) is 19.5 Å². The zero-order valence-corrected chi connectivity index (χ0v) is 12.6. The number of quaternary nitrogens is 1. The lowest BCUT2D eigenvalue weighted by Crippen LogP contribution is -3.11. The first kappa shape index (κ1) is 16.7. The highest BCUT2D eigenvalue weighted by atomic mass is 16.2. The van der Waals surface area contributed by atoms with E-state index in [9.17, 15) is 9.59 Å². The molecule has 0 aliphatic heterocycles. The quantitative estimate of drug-likeness (QED) is 0.726. The van der Waals surface area contributed by atoms with Gasteiger partial charge in [-0.05, 0) is 17.7 Å². The SMILES string of the molecule is CN(C)C(=O)C[NH+](C)CC(=O)Nc1ccc(CC#N)cc1. The van der Waals surface area contributed by atoms with E-state index in [1.165, 1.54) is 4.90 Å². The molecule has 0 aliphatic rings. The molecule has 1 aromatic rings. The van der Waals surface area contributed by atoms with Crippen molar-refractivity contribution in [3.63, 3.8) is 0 Å². The molecule has 6 heteroatoms. The van der Waals surface area contributed by atoms with Crippen LogP contribution in [0.15, 0.2) is 24.3 Å². The van der Waals surface area contributed by atoms with Crippen LogP contribution < -0.4 is 10.2 Å². The molecule has 21 heavy (non-hydrogen) atoms. The molecule has 0 aliphatic carbocycles. The summed E-state index contributed by atoms with van der Waals surface area (Å²) in [4.78, 5) is 25.8. The van der Waals surface area contributed by atoms with Gasteiger partial charge in [-0.25, -0.2) is 0 Å². The van der Waals surface area contributed by atoms with E-state index in [0.29, 0.717) is 12.1 Å². The van der Waals surface area contributed by atoms with Crippen LogP contribution in [0.4, 0.5) is 5.69 Å². The molecule has 0 aromatic heterocycles. The number of hydrogen-bond donors (Lipinski definition) is 2. The van der Waals surface area contributed by atoms with E-state index in [0.717, 1.165) is 10.5 Å². The van der Waals surface area contributed by atoms with Crippen molar-refractivity contribution in [2.75, 3.05) is 39.5 Å². The van der Waals surface area contributed by atoms with E-state index in [-0.39, 0.29) is 24.9 Å². The van der Waals surface area contributed by atoms with Gasteiger partial charge in [-0.3, -0.25) is 9.59 Å². The first-order valence-electron chi connectivity index (χ1n) is 6.69. The standard InChI is InChI=1S/C15H20N4O2/c1-18(2)15(21)11-19(3)10-14(20)17-13-6-4-12(5-7-13)8-9-16/h4-7H,8,10-11H2,1-3H3,(H,17,20)/p+1. The third kappa shape index (κ3) is 6.06. The monoisotopic (exact) mass is 289 g/mol. The molecule has 0 spiro atoms. The Labute approximate surface area is 125 Å². The Kier molecular flexibility index (Phi) is 6.37. The predicted octanol–water partition coefficient (Wildman–Crippen LogP) is -0.706. The van der Waals surface area contributed by atoms with Crippen LogP contribution in [0.25, 0.3) is 0 Å². The van der Waals surface area contributed by atoms with E-state index in [2.05, 4.69) is 11.4 Å². The molecule has 6 nitrogen and oxygen atoms in total. The molecule has 0 saturated heterocycles. The summed E-state index contributed by atoms with van der Waals surface area (Å²) in [5, 5.41) is 11.4. The summed E-state index contributed by atoms with van der Waals surface area (Å²) < 4.78 is 0. The van der Waals surface area contributed by atoms with Crippen molar-refractivity contribution in [2.24, 2.45) is 0 Å². The fraction of sp³-hybridized carbons (Fsp3) is 0.400. The van der Waals surface area contributed by atoms with Crippen molar-refractivity contribution in [3.8, 4) is 6.07 Å². The number of hydrogen-bond acceptors (Lipinski definition) is 3. The molecule has 1 atom stereocenters. The summed E-state index contributed by atoms with van der Waals surface area (Å²) in [6, 6.07) is 9.23. The molecular weight excluding hydrogens is 268 g/mol. The van der Waals surface area contributed by atoms with Gasteiger partial charge in [-0.15, -0.1) is 0 Å². The minimum Gasteiger partial charge on any atom is -0.344 e. The van der Waals surface area contributed by atoms with Crippen LogP contribution in [0.1, 0.15) is 5.56 Å². The molecule has 112 valence electrons. The maximum atomic E-state index is 11.9. The summed E-state index contributed by atoms with van der Waals surface area (Å²) in [5.41, 5.74) is 1.60. The van der Waals surface area contributed by atoms with Gasteiger partial charge in [-0.1, -0.05) is 12.1 Å². The van der Waals surface area contributed by atoms with Crippen molar-refractivity contribution < 1.29 is 14.5 Å². The summed E-state index contributed by atoms with van der Waals surface area (Å²) in [7, 11) is 5.19. The molecule has 0 fully saturated rings. The molecule has 1 unspecified atom stereocenters. The topological polar surface area (TPSA) is 77.6 Å². The number of amides is 2. The van der Waals surface area contributed by atoms with Gasteiger partial charge in [-0.2, -0.15) is 5.26 Å². The van der Waals surface area contributed by atoms with Crippen molar-refractivity contribution in [1.29, 1.82) is 5.26 Å². The number of nitriles is 1. The maximum Gasteiger partial charge on any atom is 0.279 e. The third-order valence-electron chi connectivity index (χ3n) is 2.94. The Hall–Kier alpha value is -2.39. The first-order chi connectivity index (χ1) is 9.92. The van der Waals surface area contributed by atoms with Crippen LogP contribution in [0.3, 0.4) is 0 Å². The molecule has 0 heterocycles. The fourth-order valence-electron chi connectivity index (χ4n) is 1.76. The van der Waals surface area contributed by atoms with Gasteiger partial charge in [0.25, 0.3) is 11.8 Å². The average molecular weight is 289 g/mol. The molecular formula is C15H21N4O2+. The van der Waals surface area contributed by atoms with Gasteiger partial charge in [0.1, 0.15) is 0 Å². The second-order valence-electron chi connectivity index (χ2n) is 5.18. The van der Waals surface area contributed by atoms with Crippen LogP contribution in [0, 0.1) is 11.3 Å². The van der Waals surface area contributed by atoms with E-state index in [1.807, 2.05) is 12.1 Å². The lowest BCUT2D eigenvalue weighted by atomic mass is 10.1. The van der Waals surface area contributed by atoms with Gasteiger partial charge in [0.2, 0.25) is 0 Å². The lowest BCUT2D eigenvalue weighted by Gasteiger charge is -2.16. The Morgan fingerprint density at radius 3 is 2.38 bits per heavy atom. The molecule has 0 bridgehead atoms. The summed E-state index contributed by atoms with van der Waals surface area (Å²) in [5.74, 6) is -0.159. The number of nitrogens with one attached hydrogen (secondary N) is 2. The van der Waals surface area contributed by atoms with E-state index < -0.39 is 0 Å². The lowest BCUT2D eigenvalue weighted by molar-refractivity contribution is -0.862. The summed E-state index contributed by atoms with van der Waals surface area (Å²) >= 11 is 0. The second-order valence-corrected chi connectivity index (χ2v) is 5.18. The highest BCUT2D eigenvalue weighted by molar-refractivity contribution is 5.91. The zero-order chi connectivity index (χ0) is 15.8. The van der Waals surface area contributed by atoms with Crippen molar-refractivity contribution in [3.05, 3.63) is 29.8 Å². The average Bonchev–Trinajstić information content (AvgIpc) is 2.40. The number of carbonyl (C=O) groups is 2. The number of carbonyl (C=O) groups excluding carboxylic acids is 2. The van der Waals surface area contributed by atoms with Crippen LogP contribution in [0.5, 0.6) is 0 Å².